The van der Waals surface area contributed by atoms with Crippen LogP contribution in [0.25, 0.3) is 28.0 Å². The summed E-state index contributed by atoms with van der Waals surface area (Å²) in [5.41, 5.74) is 4.25. The van der Waals surface area contributed by atoms with Gasteiger partial charge in [0.25, 0.3) is 0 Å². The van der Waals surface area contributed by atoms with Crippen molar-refractivity contribution in [3.05, 3.63) is 72.6 Å². The first-order valence-corrected chi connectivity index (χ1v) is 10.8. The normalized spacial score (nSPS) is 11.9. The van der Waals surface area contributed by atoms with E-state index in [1.165, 1.54) is 6.33 Å². The Labute approximate surface area is 188 Å². The number of hydrogen-bond acceptors (Lipinski definition) is 5. The quantitative estimate of drug-likeness (QED) is 0.267. The van der Waals surface area contributed by atoms with E-state index in [0.717, 1.165) is 40.5 Å². The minimum absolute atomic E-state index is 0.196. The van der Waals surface area contributed by atoms with Gasteiger partial charge >= 0.3 is 5.97 Å². The van der Waals surface area contributed by atoms with E-state index >= 15 is 0 Å². The van der Waals surface area contributed by atoms with Crippen LogP contribution in [-0.4, -0.2) is 27.6 Å². The Morgan fingerprint density at radius 3 is 2.66 bits per heavy atom. The number of aliphatic carboxylic acids is 1. The van der Waals surface area contributed by atoms with Gasteiger partial charge in [0.15, 0.2) is 0 Å². The zero-order valence-electron chi connectivity index (χ0n) is 18.6. The fourth-order valence-electron chi connectivity index (χ4n) is 3.36. The fourth-order valence-corrected chi connectivity index (χ4v) is 3.36. The van der Waals surface area contributed by atoms with Crippen molar-refractivity contribution in [2.24, 2.45) is 0 Å². The number of unbranched alkanes of at least 4 members (excludes halogenated alkanes) is 2. The zero-order valence-corrected chi connectivity index (χ0v) is 18.6. The first-order chi connectivity index (χ1) is 15.5. The average molecular weight is 432 g/mol. The number of hydrogen-bond donors (Lipinski definition) is 2. The maximum atomic E-state index is 10.7. The van der Waals surface area contributed by atoms with Crippen LogP contribution in [0.1, 0.15) is 45.1 Å². The zero-order chi connectivity index (χ0) is 22.9. The summed E-state index contributed by atoms with van der Waals surface area (Å²) in [6.07, 6.45) is 10.1. The SMILES string of the molecule is C=C(/C=C\C(C)=C/C)c1c(-c2ccccc2)oc2ncnc(NCCCCCC(=O)O)c12. The molecule has 2 heterocycles. The molecule has 3 aromatic rings. The number of allylic oxidation sites excluding steroid dienone is 5. The van der Waals surface area contributed by atoms with Crippen molar-refractivity contribution < 1.29 is 14.3 Å². The summed E-state index contributed by atoms with van der Waals surface area (Å²) in [7, 11) is 0. The first-order valence-electron chi connectivity index (χ1n) is 10.8. The van der Waals surface area contributed by atoms with Gasteiger partial charge in [-0.3, -0.25) is 4.79 Å². The highest BCUT2D eigenvalue weighted by Crippen LogP contribution is 2.39. The maximum Gasteiger partial charge on any atom is 0.303 e. The lowest BCUT2D eigenvalue weighted by Gasteiger charge is -2.08. The standard InChI is InChI=1S/C26H29N3O3/c1-4-18(2)14-15-19(3)22-23-25(27-16-10-6-9-13-21(30)31)28-17-29-26(23)32-24(22)20-11-7-5-8-12-20/h4-5,7-8,11-12,14-15,17H,3,6,9-10,13,16H2,1-2H3,(H,30,31)(H,27,28,29)/b15-14-,18-4-. The van der Waals surface area contributed by atoms with Crippen molar-refractivity contribution in [3.8, 4) is 11.3 Å². The van der Waals surface area contributed by atoms with Gasteiger partial charge in [-0.25, -0.2) is 9.97 Å². The molecule has 0 unspecified atom stereocenters. The highest BCUT2D eigenvalue weighted by atomic mass is 16.4. The number of fused-ring (bicyclic) bond motifs is 1. The average Bonchev–Trinajstić information content (AvgIpc) is 3.20. The number of carboxylic acid groups (broad SMARTS) is 1. The van der Waals surface area contributed by atoms with E-state index in [0.29, 0.717) is 30.3 Å². The Kier molecular flexibility index (Phi) is 7.97. The first kappa shape index (κ1) is 23.0. The highest BCUT2D eigenvalue weighted by molar-refractivity contribution is 6.03. The van der Waals surface area contributed by atoms with Gasteiger partial charge in [0, 0.05) is 24.1 Å². The molecule has 0 radical (unpaired) electrons. The molecular weight excluding hydrogens is 402 g/mol. The van der Waals surface area contributed by atoms with Crippen LogP contribution in [0.15, 0.2) is 71.5 Å². The Morgan fingerprint density at radius 2 is 1.94 bits per heavy atom. The molecule has 32 heavy (non-hydrogen) atoms. The van der Waals surface area contributed by atoms with Gasteiger partial charge in [0.1, 0.15) is 17.9 Å². The molecule has 166 valence electrons. The predicted octanol–water partition coefficient (Wildman–Crippen LogP) is 6.48. The monoisotopic (exact) mass is 431 g/mol. The van der Waals surface area contributed by atoms with Gasteiger partial charge in [-0.1, -0.05) is 67.1 Å². The van der Waals surface area contributed by atoms with Crippen molar-refractivity contribution in [1.29, 1.82) is 0 Å². The topological polar surface area (TPSA) is 88.3 Å². The van der Waals surface area contributed by atoms with Gasteiger partial charge in [-0.2, -0.15) is 0 Å². The second kappa shape index (κ2) is 11.1. The van der Waals surface area contributed by atoms with Gasteiger partial charge in [0.05, 0.1) is 5.39 Å². The molecule has 6 nitrogen and oxygen atoms in total. The van der Waals surface area contributed by atoms with Gasteiger partial charge in [0.2, 0.25) is 5.71 Å². The Balaban J connectivity index is 1.96. The van der Waals surface area contributed by atoms with Crippen LogP contribution in [-0.2, 0) is 4.79 Å². The number of benzene rings is 1. The fraction of sp³-hybridized carbons (Fsp3) is 0.269. The minimum atomic E-state index is -0.758. The molecule has 0 atom stereocenters. The van der Waals surface area contributed by atoms with Crippen molar-refractivity contribution in [3.63, 3.8) is 0 Å². The molecule has 0 spiro atoms. The maximum absolute atomic E-state index is 10.7. The van der Waals surface area contributed by atoms with E-state index in [4.69, 9.17) is 9.52 Å². The molecule has 0 saturated heterocycles. The molecule has 0 amide bonds. The van der Waals surface area contributed by atoms with Crippen LogP contribution in [0.3, 0.4) is 0 Å². The molecule has 3 rings (SSSR count). The summed E-state index contributed by atoms with van der Waals surface area (Å²) in [5.74, 6) is 0.636. The molecule has 0 aliphatic rings. The van der Waals surface area contributed by atoms with Gasteiger partial charge in [-0.15, -0.1) is 0 Å². The number of furan rings is 1. The lowest BCUT2D eigenvalue weighted by atomic mass is 9.99. The number of carboxylic acids is 1. The molecule has 0 aliphatic heterocycles. The number of carbonyl (C=O) groups is 1. The van der Waals surface area contributed by atoms with E-state index in [2.05, 4.69) is 21.9 Å². The number of rotatable bonds is 11. The lowest BCUT2D eigenvalue weighted by Crippen LogP contribution is -2.05. The number of aromatic nitrogens is 2. The van der Waals surface area contributed by atoms with E-state index < -0.39 is 5.97 Å². The van der Waals surface area contributed by atoms with Crippen LogP contribution in [0.2, 0.25) is 0 Å². The van der Waals surface area contributed by atoms with Crippen molar-refractivity contribution >= 4 is 28.5 Å². The number of nitrogens with zero attached hydrogens (tertiary/aromatic N) is 2. The van der Waals surface area contributed by atoms with Crippen LogP contribution < -0.4 is 5.32 Å². The largest absolute Gasteiger partial charge is 0.481 e. The molecular formula is C26H29N3O3. The molecule has 0 aliphatic carbocycles. The van der Waals surface area contributed by atoms with Crippen LogP contribution in [0.4, 0.5) is 5.82 Å². The van der Waals surface area contributed by atoms with E-state index in [9.17, 15) is 4.79 Å². The third-order valence-electron chi connectivity index (χ3n) is 5.21. The Morgan fingerprint density at radius 1 is 1.16 bits per heavy atom. The lowest BCUT2D eigenvalue weighted by molar-refractivity contribution is -0.137. The van der Waals surface area contributed by atoms with Crippen LogP contribution in [0, 0.1) is 0 Å². The van der Waals surface area contributed by atoms with E-state index in [1.807, 2.05) is 62.4 Å². The van der Waals surface area contributed by atoms with E-state index in [-0.39, 0.29) is 6.42 Å². The summed E-state index contributed by atoms with van der Waals surface area (Å²) in [5, 5.41) is 13.0. The third-order valence-corrected chi connectivity index (χ3v) is 5.21. The molecule has 0 fully saturated rings. The Hall–Kier alpha value is -3.67. The van der Waals surface area contributed by atoms with Crippen molar-refractivity contribution in [1.82, 2.24) is 9.97 Å². The second-order valence-electron chi connectivity index (χ2n) is 7.60. The second-order valence-corrected chi connectivity index (χ2v) is 7.60. The summed E-state index contributed by atoms with van der Waals surface area (Å²) < 4.78 is 6.19. The summed E-state index contributed by atoms with van der Waals surface area (Å²) in [4.78, 5) is 19.5. The highest BCUT2D eigenvalue weighted by Gasteiger charge is 2.21. The smallest absolute Gasteiger partial charge is 0.303 e. The third kappa shape index (κ3) is 5.72. The minimum Gasteiger partial charge on any atom is -0.481 e. The number of anilines is 1. The summed E-state index contributed by atoms with van der Waals surface area (Å²) >= 11 is 0. The molecule has 6 heteroatoms. The predicted molar refractivity (Wildman–Crippen MR) is 129 cm³/mol. The van der Waals surface area contributed by atoms with E-state index in [1.54, 1.807) is 0 Å². The molecule has 1 aromatic carbocycles. The molecule has 2 N–H and O–H groups in total. The Bertz CT molecular complexity index is 1140. The summed E-state index contributed by atoms with van der Waals surface area (Å²) in [6.45, 7) is 9.02. The summed E-state index contributed by atoms with van der Waals surface area (Å²) in [6, 6.07) is 9.90. The van der Waals surface area contributed by atoms with Crippen molar-refractivity contribution in [2.75, 3.05) is 11.9 Å². The van der Waals surface area contributed by atoms with Gasteiger partial charge < -0.3 is 14.8 Å². The number of nitrogens with one attached hydrogen (secondary N) is 1. The van der Waals surface area contributed by atoms with Crippen molar-refractivity contribution in [2.45, 2.75) is 39.5 Å². The molecule has 0 saturated carbocycles. The van der Waals surface area contributed by atoms with Crippen LogP contribution >= 0.6 is 0 Å². The van der Waals surface area contributed by atoms with Crippen LogP contribution in [0.5, 0.6) is 0 Å². The molecule has 0 bridgehead atoms. The molecule has 2 aromatic heterocycles. The van der Waals surface area contributed by atoms with Gasteiger partial charge in [-0.05, 0) is 32.3 Å².